The van der Waals surface area contributed by atoms with Crippen LogP contribution in [0.3, 0.4) is 0 Å². The monoisotopic (exact) mass is 256 g/mol. The molecule has 3 N–H and O–H groups in total. The normalized spacial score (nSPS) is 25.2. The van der Waals surface area contributed by atoms with E-state index in [0.29, 0.717) is 12.3 Å². The van der Waals surface area contributed by atoms with Gasteiger partial charge in [0.25, 0.3) is 0 Å². The van der Waals surface area contributed by atoms with Crippen molar-refractivity contribution >= 4 is 12.0 Å². The lowest BCUT2D eigenvalue weighted by molar-refractivity contribution is -0.139. The number of rotatable bonds is 5. The Bertz CT molecular complexity index is 294. The molecule has 18 heavy (non-hydrogen) atoms. The van der Waals surface area contributed by atoms with Gasteiger partial charge < -0.3 is 15.7 Å². The number of carbonyl (C=O) groups excluding carboxylic acids is 1. The number of urea groups is 1. The number of carboxylic acid groups (broad SMARTS) is 1. The summed E-state index contributed by atoms with van der Waals surface area (Å²) in [5.41, 5.74) is 0. The van der Waals surface area contributed by atoms with Crippen LogP contribution in [0.4, 0.5) is 4.79 Å². The zero-order valence-corrected chi connectivity index (χ0v) is 11.2. The van der Waals surface area contributed by atoms with Crippen LogP contribution in [0.2, 0.25) is 0 Å². The van der Waals surface area contributed by atoms with Gasteiger partial charge in [0.15, 0.2) is 0 Å². The Morgan fingerprint density at radius 1 is 1.28 bits per heavy atom. The number of carbonyl (C=O) groups is 2. The summed E-state index contributed by atoms with van der Waals surface area (Å²) in [6.45, 7) is 3.88. The van der Waals surface area contributed by atoms with Crippen molar-refractivity contribution in [2.75, 3.05) is 0 Å². The summed E-state index contributed by atoms with van der Waals surface area (Å²) in [5.74, 6) is -0.460. The molecule has 1 aliphatic rings. The fraction of sp³-hybridized carbons (Fsp3) is 0.846. The van der Waals surface area contributed by atoms with Crippen LogP contribution in [0, 0.1) is 5.92 Å². The number of carboxylic acids is 1. The van der Waals surface area contributed by atoms with Crippen LogP contribution < -0.4 is 10.6 Å². The maximum Gasteiger partial charge on any atom is 0.326 e. The summed E-state index contributed by atoms with van der Waals surface area (Å²) in [7, 11) is 0. The molecule has 0 aliphatic heterocycles. The summed E-state index contributed by atoms with van der Waals surface area (Å²) in [6.07, 6.45) is 5.96. The quantitative estimate of drug-likeness (QED) is 0.705. The fourth-order valence-electron chi connectivity index (χ4n) is 2.59. The first-order valence-corrected chi connectivity index (χ1v) is 6.88. The van der Waals surface area contributed by atoms with E-state index in [0.717, 1.165) is 25.7 Å². The molecule has 1 rings (SSSR count). The van der Waals surface area contributed by atoms with Crippen LogP contribution in [0.25, 0.3) is 0 Å². The van der Waals surface area contributed by atoms with Gasteiger partial charge in [-0.3, -0.25) is 0 Å². The maximum atomic E-state index is 11.8. The standard InChI is InChI=1S/C13H24N2O3/c1-3-9-7-5-6-8-11(9)15-13(18)14-10(4-2)12(16)17/h9-11H,3-8H2,1-2H3,(H,16,17)(H2,14,15,18)/t9?,10-,11?/m0/s1. The molecule has 104 valence electrons. The van der Waals surface area contributed by atoms with Crippen LogP contribution >= 0.6 is 0 Å². The lowest BCUT2D eigenvalue weighted by Gasteiger charge is -2.31. The van der Waals surface area contributed by atoms with Gasteiger partial charge in [0.1, 0.15) is 6.04 Å². The Morgan fingerprint density at radius 2 is 1.94 bits per heavy atom. The van der Waals surface area contributed by atoms with Crippen molar-refractivity contribution < 1.29 is 14.7 Å². The molecule has 0 heterocycles. The zero-order chi connectivity index (χ0) is 13.5. The predicted octanol–water partition coefficient (Wildman–Crippen LogP) is 2.12. The predicted molar refractivity (Wildman–Crippen MR) is 69.4 cm³/mol. The van der Waals surface area contributed by atoms with E-state index < -0.39 is 12.0 Å². The number of aliphatic carboxylic acids is 1. The molecule has 2 amide bonds. The summed E-state index contributed by atoms with van der Waals surface area (Å²) in [4.78, 5) is 22.6. The smallest absolute Gasteiger partial charge is 0.326 e. The lowest BCUT2D eigenvalue weighted by Crippen LogP contribution is -2.51. The van der Waals surface area contributed by atoms with Crippen LogP contribution in [-0.4, -0.2) is 29.2 Å². The Kier molecular flexibility index (Phi) is 5.95. The van der Waals surface area contributed by atoms with Crippen molar-refractivity contribution in [3.05, 3.63) is 0 Å². The minimum atomic E-state index is -0.983. The Morgan fingerprint density at radius 3 is 2.50 bits per heavy atom. The van der Waals surface area contributed by atoms with E-state index in [-0.39, 0.29) is 12.1 Å². The second kappa shape index (κ2) is 7.24. The van der Waals surface area contributed by atoms with Gasteiger partial charge in [0.2, 0.25) is 0 Å². The largest absolute Gasteiger partial charge is 0.480 e. The van der Waals surface area contributed by atoms with Gasteiger partial charge in [-0.05, 0) is 25.2 Å². The second-order valence-corrected chi connectivity index (χ2v) is 4.98. The summed E-state index contributed by atoms with van der Waals surface area (Å²) in [6, 6.07) is -0.960. The summed E-state index contributed by atoms with van der Waals surface area (Å²) in [5, 5.41) is 14.3. The van der Waals surface area contributed by atoms with E-state index in [1.54, 1.807) is 6.92 Å². The Balaban J connectivity index is 2.45. The van der Waals surface area contributed by atoms with E-state index >= 15 is 0 Å². The number of hydrogen-bond donors (Lipinski definition) is 3. The number of amides is 2. The molecule has 0 aromatic heterocycles. The highest BCUT2D eigenvalue weighted by Crippen LogP contribution is 2.26. The highest BCUT2D eigenvalue weighted by molar-refractivity contribution is 5.82. The van der Waals surface area contributed by atoms with E-state index in [1.807, 2.05) is 0 Å². The Labute approximate surface area is 108 Å². The van der Waals surface area contributed by atoms with Crippen LogP contribution in [0.1, 0.15) is 52.4 Å². The SMILES string of the molecule is CCC1CCCCC1NC(=O)N[C@@H](CC)C(=O)O. The van der Waals surface area contributed by atoms with Crippen molar-refractivity contribution in [3.63, 3.8) is 0 Å². The molecule has 1 aliphatic carbocycles. The summed E-state index contributed by atoms with van der Waals surface area (Å²) >= 11 is 0. The van der Waals surface area contributed by atoms with Gasteiger partial charge in [-0.25, -0.2) is 9.59 Å². The third-order valence-corrected chi connectivity index (χ3v) is 3.76. The third-order valence-electron chi connectivity index (χ3n) is 3.76. The minimum absolute atomic E-state index is 0.190. The number of hydrogen-bond acceptors (Lipinski definition) is 2. The van der Waals surface area contributed by atoms with Crippen LogP contribution in [-0.2, 0) is 4.79 Å². The third kappa shape index (κ3) is 4.20. The van der Waals surface area contributed by atoms with Gasteiger partial charge in [0.05, 0.1) is 0 Å². The van der Waals surface area contributed by atoms with Gasteiger partial charge in [-0.15, -0.1) is 0 Å². The van der Waals surface area contributed by atoms with Crippen molar-refractivity contribution in [1.82, 2.24) is 10.6 Å². The summed E-state index contributed by atoms with van der Waals surface area (Å²) < 4.78 is 0. The minimum Gasteiger partial charge on any atom is -0.480 e. The molecule has 3 atom stereocenters. The Hall–Kier alpha value is -1.26. The molecule has 1 saturated carbocycles. The molecule has 0 saturated heterocycles. The molecule has 5 heteroatoms. The molecule has 0 aromatic rings. The van der Waals surface area contributed by atoms with E-state index in [2.05, 4.69) is 17.6 Å². The molecule has 0 aromatic carbocycles. The average molecular weight is 256 g/mol. The average Bonchev–Trinajstić information content (AvgIpc) is 2.36. The van der Waals surface area contributed by atoms with Gasteiger partial charge in [-0.2, -0.15) is 0 Å². The van der Waals surface area contributed by atoms with Crippen molar-refractivity contribution in [1.29, 1.82) is 0 Å². The van der Waals surface area contributed by atoms with Crippen LogP contribution in [0.15, 0.2) is 0 Å². The molecule has 0 spiro atoms. The molecular formula is C13H24N2O3. The fourth-order valence-corrected chi connectivity index (χ4v) is 2.59. The zero-order valence-electron chi connectivity index (χ0n) is 11.2. The molecular weight excluding hydrogens is 232 g/mol. The van der Waals surface area contributed by atoms with E-state index in [1.165, 1.54) is 6.42 Å². The topological polar surface area (TPSA) is 78.4 Å². The van der Waals surface area contributed by atoms with Crippen molar-refractivity contribution in [2.45, 2.75) is 64.5 Å². The molecule has 5 nitrogen and oxygen atoms in total. The van der Waals surface area contributed by atoms with Crippen molar-refractivity contribution in [3.8, 4) is 0 Å². The highest BCUT2D eigenvalue weighted by Gasteiger charge is 2.26. The molecule has 1 fully saturated rings. The first kappa shape index (κ1) is 14.8. The van der Waals surface area contributed by atoms with Crippen LogP contribution in [0.5, 0.6) is 0 Å². The lowest BCUT2D eigenvalue weighted by atomic mass is 9.83. The first-order valence-electron chi connectivity index (χ1n) is 6.88. The van der Waals surface area contributed by atoms with Gasteiger partial charge in [-0.1, -0.05) is 33.1 Å². The highest BCUT2D eigenvalue weighted by atomic mass is 16.4. The second-order valence-electron chi connectivity index (χ2n) is 4.98. The molecule has 0 bridgehead atoms. The number of nitrogens with one attached hydrogen (secondary N) is 2. The van der Waals surface area contributed by atoms with E-state index in [4.69, 9.17) is 5.11 Å². The maximum absolute atomic E-state index is 11.8. The molecule has 2 unspecified atom stereocenters. The van der Waals surface area contributed by atoms with Gasteiger partial charge >= 0.3 is 12.0 Å². The first-order chi connectivity index (χ1) is 8.58. The van der Waals surface area contributed by atoms with Crippen molar-refractivity contribution in [2.24, 2.45) is 5.92 Å². The molecule has 0 radical (unpaired) electrons. The van der Waals surface area contributed by atoms with Gasteiger partial charge in [0, 0.05) is 6.04 Å². The van der Waals surface area contributed by atoms with E-state index in [9.17, 15) is 9.59 Å².